The lowest BCUT2D eigenvalue weighted by Crippen LogP contribution is -2.49. The average molecular weight is 403 g/mol. The Balaban J connectivity index is 1.47. The Hall–Kier alpha value is -3.40. The monoisotopic (exact) mass is 403 g/mol. The van der Waals surface area contributed by atoms with Crippen LogP contribution in [0.4, 0.5) is 11.5 Å². The van der Waals surface area contributed by atoms with Gasteiger partial charge in [-0.25, -0.2) is 4.98 Å². The first kappa shape index (κ1) is 19.9. The molecule has 1 aromatic carbocycles. The fraction of sp³-hybridized carbons (Fsp3) is 0.391. The molecule has 2 amide bonds. The topological polar surface area (TPSA) is 80.5 Å². The Labute approximate surface area is 176 Å². The first-order valence-electron chi connectivity index (χ1n) is 10.3. The molecule has 0 spiro atoms. The normalized spacial score (nSPS) is 16.7. The molecule has 2 aromatic rings. The third-order valence-electron chi connectivity index (χ3n) is 5.79. The van der Waals surface area contributed by atoms with Crippen molar-refractivity contribution < 1.29 is 9.59 Å². The Morgan fingerprint density at radius 2 is 1.87 bits per heavy atom. The van der Waals surface area contributed by atoms with E-state index in [1.807, 2.05) is 13.1 Å². The van der Waals surface area contributed by atoms with Crippen LogP contribution in [0.2, 0.25) is 0 Å². The predicted molar refractivity (Wildman–Crippen MR) is 115 cm³/mol. The number of carbonyl (C=O) groups excluding carboxylic acids is 2. The van der Waals surface area contributed by atoms with Crippen molar-refractivity contribution in [2.75, 3.05) is 42.5 Å². The first-order valence-corrected chi connectivity index (χ1v) is 10.3. The molecule has 0 unspecified atom stereocenters. The van der Waals surface area contributed by atoms with Crippen molar-refractivity contribution >= 4 is 23.3 Å². The molecule has 0 N–H and O–H groups in total. The van der Waals surface area contributed by atoms with E-state index in [9.17, 15) is 14.9 Å². The largest absolute Gasteiger partial charge is 0.353 e. The van der Waals surface area contributed by atoms with Crippen LogP contribution < -0.4 is 9.80 Å². The van der Waals surface area contributed by atoms with Crippen LogP contribution in [0.25, 0.3) is 0 Å². The van der Waals surface area contributed by atoms with Gasteiger partial charge in [0, 0.05) is 51.0 Å². The highest BCUT2D eigenvalue weighted by molar-refractivity contribution is 5.99. The third kappa shape index (κ3) is 3.73. The minimum Gasteiger partial charge on any atom is -0.353 e. The number of carbonyl (C=O) groups is 2. The number of pyridine rings is 1. The summed E-state index contributed by atoms with van der Waals surface area (Å²) in [5, 5.41) is 9.60. The number of aryl methyl sites for hydroxylation is 2. The SMILES string of the molecule is Cc1cnc(N2CCN(C(=O)c3ccc(N4CCCC4=O)cc3C#N)CC2)c(C)c1. The number of benzene rings is 1. The van der Waals surface area contributed by atoms with Crippen LogP contribution in [0.15, 0.2) is 30.5 Å². The minimum absolute atomic E-state index is 0.0640. The molecule has 0 saturated carbocycles. The molecule has 0 radical (unpaired) electrons. The standard InChI is InChI=1S/C23H25N5O2/c1-16-12-17(2)22(25-15-16)26-8-10-27(11-9-26)23(30)20-6-5-19(13-18(20)14-24)28-7-3-4-21(28)29/h5-6,12-13,15H,3-4,7-11H2,1-2H3. The highest BCUT2D eigenvalue weighted by atomic mass is 16.2. The number of amides is 2. The lowest BCUT2D eigenvalue weighted by molar-refractivity contribution is -0.117. The zero-order chi connectivity index (χ0) is 21.3. The molecule has 2 fully saturated rings. The molecule has 4 rings (SSSR count). The van der Waals surface area contributed by atoms with Gasteiger partial charge in [0.2, 0.25) is 5.91 Å². The van der Waals surface area contributed by atoms with Crippen LogP contribution in [-0.4, -0.2) is 54.4 Å². The van der Waals surface area contributed by atoms with Crippen LogP contribution in [0.3, 0.4) is 0 Å². The maximum Gasteiger partial charge on any atom is 0.255 e. The predicted octanol–water partition coefficient (Wildman–Crippen LogP) is 2.66. The zero-order valence-electron chi connectivity index (χ0n) is 17.4. The smallest absolute Gasteiger partial charge is 0.255 e. The van der Waals surface area contributed by atoms with E-state index in [2.05, 4.69) is 28.9 Å². The number of anilines is 2. The maximum atomic E-state index is 13.1. The van der Waals surface area contributed by atoms with Crippen LogP contribution in [0.1, 0.15) is 39.9 Å². The number of nitriles is 1. The quantitative estimate of drug-likeness (QED) is 0.787. The molecule has 3 heterocycles. The van der Waals surface area contributed by atoms with E-state index in [0.29, 0.717) is 56.0 Å². The molecule has 7 nitrogen and oxygen atoms in total. The number of nitrogens with zero attached hydrogens (tertiary/aromatic N) is 5. The number of aromatic nitrogens is 1. The van der Waals surface area contributed by atoms with Crippen molar-refractivity contribution in [3.63, 3.8) is 0 Å². The highest BCUT2D eigenvalue weighted by Crippen LogP contribution is 2.25. The van der Waals surface area contributed by atoms with E-state index in [1.54, 1.807) is 28.0 Å². The van der Waals surface area contributed by atoms with Gasteiger partial charge >= 0.3 is 0 Å². The first-order chi connectivity index (χ1) is 14.5. The Bertz CT molecular complexity index is 1030. The van der Waals surface area contributed by atoms with E-state index in [1.165, 1.54) is 0 Å². The highest BCUT2D eigenvalue weighted by Gasteiger charge is 2.27. The van der Waals surface area contributed by atoms with Gasteiger partial charge in [-0.15, -0.1) is 0 Å². The van der Waals surface area contributed by atoms with Gasteiger partial charge in [-0.3, -0.25) is 9.59 Å². The van der Waals surface area contributed by atoms with Gasteiger partial charge in [-0.1, -0.05) is 6.07 Å². The van der Waals surface area contributed by atoms with Crippen molar-refractivity contribution in [2.45, 2.75) is 26.7 Å². The van der Waals surface area contributed by atoms with Gasteiger partial charge in [0.05, 0.1) is 11.1 Å². The summed E-state index contributed by atoms with van der Waals surface area (Å²) in [6, 6.07) is 9.36. The molecule has 0 bridgehead atoms. The summed E-state index contributed by atoms with van der Waals surface area (Å²) in [4.78, 5) is 35.3. The van der Waals surface area contributed by atoms with E-state index >= 15 is 0 Å². The summed E-state index contributed by atoms with van der Waals surface area (Å²) >= 11 is 0. The molecule has 0 aliphatic carbocycles. The summed E-state index contributed by atoms with van der Waals surface area (Å²) in [5.74, 6) is 0.887. The number of hydrogen-bond donors (Lipinski definition) is 0. The number of rotatable bonds is 3. The van der Waals surface area contributed by atoms with Gasteiger partial charge in [-0.05, 0) is 49.6 Å². The molecular formula is C23H25N5O2. The molecular weight excluding hydrogens is 378 g/mol. The molecule has 30 heavy (non-hydrogen) atoms. The van der Waals surface area contributed by atoms with Gasteiger partial charge in [0.25, 0.3) is 5.91 Å². The fourth-order valence-electron chi connectivity index (χ4n) is 4.23. The van der Waals surface area contributed by atoms with E-state index in [0.717, 1.165) is 23.4 Å². The van der Waals surface area contributed by atoms with E-state index < -0.39 is 0 Å². The summed E-state index contributed by atoms with van der Waals surface area (Å²) in [7, 11) is 0. The Morgan fingerprint density at radius 1 is 1.10 bits per heavy atom. The summed E-state index contributed by atoms with van der Waals surface area (Å²) in [5.41, 5.74) is 3.67. The van der Waals surface area contributed by atoms with Crippen molar-refractivity contribution in [3.05, 3.63) is 52.7 Å². The molecule has 2 saturated heterocycles. The molecule has 2 aliphatic heterocycles. The van der Waals surface area contributed by atoms with Crippen LogP contribution in [-0.2, 0) is 4.79 Å². The minimum atomic E-state index is -0.140. The zero-order valence-corrected chi connectivity index (χ0v) is 17.4. The third-order valence-corrected chi connectivity index (χ3v) is 5.79. The molecule has 154 valence electrons. The lowest BCUT2D eigenvalue weighted by atomic mass is 10.0. The van der Waals surface area contributed by atoms with Crippen molar-refractivity contribution in [3.8, 4) is 6.07 Å². The van der Waals surface area contributed by atoms with Crippen molar-refractivity contribution in [1.29, 1.82) is 5.26 Å². The number of hydrogen-bond acceptors (Lipinski definition) is 5. The van der Waals surface area contributed by atoms with Crippen molar-refractivity contribution in [1.82, 2.24) is 9.88 Å². The summed E-state index contributed by atoms with van der Waals surface area (Å²) in [6.45, 7) is 7.29. The van der Waals surface area contributed by atoms with E-state index in [4.69, 9.17) is 0 Å². The second kappa shape index (κ2) is 8.15. The fourth-order valence-corrected chi connectivity index (χ4v) is 4.23. The van der Waals surface area contributed by atoms with Crippen LogP contribution in [0, 0.1) is 25.2 Å². The molecule has 2 aliphatic rings. The Morgan fingerprint density at radius 3 is 2.50 bits per heavy atom. The maximum absolute atomic E-state index is 13.1. The van der Waals surface area contributed by atoms with Gasteiger partial charge in [0.1, 0.15) is 11.9 Å². The Kier molecular flexibility index (Phi) is 5.40. The number of piperazine rings is 1. The van der Waals surface area contributed by atoms with Crippen molar-refractivity contribution in [2.24, 2.45) is 0 Å². The van der Waals surface area contributed by atoms with Gasteiger partial charge in [0.15, 0.2) is 0 Å². The average Bonchev–Trinajstić information content (AvgIpc) is 3.19. The molecule has 0 atom stereocenters. The molecule has 7 heteroatoms. The van der Waals surface area contributed by atoms with Crippen LogP contribution in [0.5, 0.6) is 0 Å². The van der Waals surface area contributed by atoms with Gasteiger partial charge in [-0.2, -0.15) is 5.26 Å². The summed E-state index contributed by atoms with van der Waals surface area (Å²) < 4.78 is 0. The van der Waals surface area contributed by atoms with Crippen LogP contribution >= 0.6 is 0 Å². The van der Waals surface area contributed by atoms with Gasteiger partial charge < -0.3 is 14.7 Å². The molecule has 1 aromatic heterocycles. The second-order valence-electron chi connectivity index (χ2n) is 7.92. The summed E-state index contributed by atoms with van der Waals surface area (Å²) in [6.07, 6.45) is 3.22. The lowest BCUT2D eigenvalue weighted by Gasteiger charge is -2.36. The van der Waals surface area contributed by atoms with E-state index in [-0.39, 0.29) is 11.8 Å². The second-order valence-corrected chi connectivity index (χ2v) is 7.92.